The fourth-order valence-electron chi connectivity index (χ4n) is 1.84. The molecular formula is C13H14N4O4S. The van der Waals surface area contributed by atoms with Gasteiger partial charge in [0.25, 0.3) is 5.69 Å². The number of nitrogens with two attached hydrogens (primary N) is 2. The third-order valence-electron chi connectivity index (χ3n) is 3.04. The molecule has 0 bridgehead atoms. The Morgan fingerprint density at radius 1 is 1.18 bits per heavy atom. The lowest BCUT2D eigenvalue weighted by Crippen LogP contribution is -2.14. The summed E-state index contributed by atoms with van der Waals surface area (Å²) in [5.41, 5.74) is 7.51. The summed E-state index contributed by atoms with van der Waals surface area (Å²) < 4.78 is 23.3. The van der Waals surface area contributed by atoms with Crippen LogP contribution in [0, 0.1) is 17.0 Å². The van der Waals surface area contributed by atoms with E-state index in [0.29, 0.717) is 11.4 Å². The van der Waals surface area contributed by atoms with E-state index in [1.165, 1.54) is 12.1 Å². The zero-order valence-electron chi connectivity index (χ0n) is 11.6. The molecule has 0 saturated carbocycles. The summed E-state index contributed by atoms with van der Waals surface area (Å²) in [5, 5.41) is 18.7. The second kappa shape index (κ2) is 5.62. The molecule has 8 nitrogen and oxygen atoms in total. The minimum atomic E-state index is -4.13. The number of aryl methyl sites for hydroxylation is 1. The number of benzene rings is 2. The van der Waals surface area contributed by atoms with Gasteiger partial charge in [0, 0.05) is 23.5 Å². The second-order valence-corrected chi connectivity index (χ2v) is 6.21. The first kappa shape index (κ1) is 15.7. The smallest absolute Gasteiger partial charge is 0.270 e. The van der Waals surface area contributed by atoms with Crippen LogP contribution in [0.3, 0.4) is 0 Å². The fourth-order valence-corrected chi connectivity index (χ4v) is 2.55. The van der Waals surface area contributed by atoms with Crippen molar-refractivity contribution in [3.8, 4) is 0 Å². The van der Waals surface area contributed by atoms with Crippen LogP contribution in [-0.4, -0.2) is 13.3 Å². The van der Waals surface area contributed by atoms with Crippen LogP contribution < -0.4 is 16.2 Å². The van der Waals surface area contributed by atoms with E-state index in [0.717, 1.165) is 11.6 Å². The molecule has 22 heavy (non-hydrogen) atoms. The molecular weight excluding hydrogens is 308 g/mol. The van der Waals surface area contributed by atoms with Crippen molar-refractivity contribution in [2.24, 2.45) is 5.14 Å². The van der Waals surface area contributed by atoms with Crippen LogP contribution in [0.4, 0.5) is 22.7 Å². The van der Waals surface area contributed by atoms with Crippen LogP contribution in [0.5, 0.6) is 0 Å². The van der Waals surface area contributed by atoms with Crippen LogP contribution in [-0.2, 0) is 10.0 Å². The molecule has 0 aromatic heterocycles. The predicted octanol–water partition coefficient (Wildman–Crippen LogP) is 1.88. The summed E-state index contributed by atoms with van der Waals surface area (Å²) in [6.45, 7) is 1.83. The van der Waals surface area contributed by atoms with Gasteiger partial charge in [0.1, 0.15) is 4.90 Å². The Balaban J connectivity index is 2.50. The van der Waals surface area contributed by atoms with E-state index in [1.54, 1.807) is 18.2 Å². The minimum absolute atomic E-state index is 0.136. The number of rotatable bonds is 4. The van der Waals surface area contributed by atoms with E-state index in [2.05, 4.69) is 5.32 Å². The van der Waals surface area contributed by atoms with Crippen LogP contribution in [0.25, 0.3) is 0 Å². The molecule has 0 unspecified atom stereocenters. The molecule has 0 saturated heterocycles. The van der Waals surface area contributed by atoms with Gasteiger partial charge in [0.15, 0.2) is 0 Å². The number of nitrogen functional groups attached to an aromatic ring is 1. The minimum Gasteiger partial charge on any atom is -0.398 e. The van der Waals surface area contributed by atoms with Crippen molar-refractivity contribution >= 4 is 32.8 Å². The first-order chi connectivity index (χ1) is 10.2. The van der Waals surface area contributed by atoms with Crippen LogP contribution >= 0.6 is 0 Å². The summed E-state index contributed by atoms with van der Waals surface area (Å²) in [7, 11) is -4.13. The molecule has 5 N–H and O–H groups in total. The summed E-state index contributed by atoms with van der Waals surface area (Å²) in [6.07, 6.45) is 0. The van der Waals surface area contributed by atoms with Gasteiger partial charge in [-0.1, -0.05) is 6.07 Å². The average Bonchev–Trinajstić information content (AvgIpc) is 2.42. The molecule has 0 aliphatic heterocycles. The second-order valence-electron chi connectivity index (χ2n) is 4.68. The van der Waals surface area contributed by atoms with Gasteiger partial charge in [-0.25, -0.2) is 13.6 Å². The number of hydrogen-bond donors (Lipinski definition) is 3. The number of nitro groups is 1. The third kappa shape index (κ3) is 3.32. The number of nitro benzene ring substituents is 1. The Kier molecular flexibility index (Phi) is 4.02. The molecule has 0 heterocycles. The lowest BCUT2D eigenvalue weighted by Gasteiger charge is -2.12. The maximum absolute atomic E-state index is 11.6. The van der Waals surface area contributed by atoms with Crippen molar-refractivity contribution < 1.29 is 13.3 Å². The molecule has 0 fully saturated rings. The van der Waals surface area contributed by atoms with Gasteiger partial charge < -0.3 is 11.1 Å². The van der Waals surface area contributed by atoms with Crippen LogP contribution in [0.15, 0.2) is 41.3 Å². The Morgan fingerprint density at radius 3 is 2.41 bits per heavy atom. The van der Waals surface area contributed by atoms with E-state index in [9.17, 15) is 18.5 Å². The number of hydrogen-bond acceptors (Lipinski definition) is 6. The maximum Gasteiger partial charge on any atom is 0.270 e. The maximum atomic E-state index is 11.6. The monoisotopic (exact) mass is 322 g/mol. The van der Waals surface area contributed by atoms with Gasteiger partial charge in [-0.05, 0) is 30.7 Å². The van der Waals surface area contributed by atoms with E-state index in [-0.39, 0.29) is 16.3 Å². The van der Waals surface area contributed by atoms with E-state index >= 15 is 0 Å². The highest BCUT2D eigenvalue weighted by atomic mass is 32.2. The van der Waals surface area contributed by atoms with E-state index in [4.69, 9.17) is 10.9 Å². The van der Waals surface area contributed by atoms with Crippen molar-refractivity contribution in [3.63, 3.8) is 0 Å². The fraction of sp³-hybridized carbons (Fsp3) is 0.0769. The Hall–Kier alpha value is -2.65. The van der Waals surface area contributed by atoms with Gasteiger partial charge in [-0.3, -0.25) is 10.1 Å². The largest absolute Gasteiger partial charge is 0.398 e. The number of anilines is 3. The Bertz CT molecular complexity index is 849. The Labute approximate surface area is 126 Å². The standard InChI is InChI=1S/C13H14N4O4S/c1-8-2-3-9(6-11(8)14)16-12-5-4-10(17(18)19)7-13(12)22(15,20)21/h2-7,16H,14H2,1H3,(H2,15,20,21). The van der Waals surface area contributed by atoms with Crippen LogP contribution in [0.1, 0.15) is 5.56 Å². The SMILES string of the molecule is Cc1ccc(Nc2ccc([N+](=O)[O-])cc2S(N)(=O)=O)cc1N. The normalized spacial score (nSPS) is 11.2. The average molecular weight is 322 g/mol. The van der Waals surface area contributed by atoms with Crippen molar-refractivity contribution in [1.29, 1.82) is 0 Å². The van der Waals surface area contributed by atoms with Crippen molar-refractivity contribution in [1.82, 2.24) is 0 Å². The van der Waals surface area contributed by atoms with Crippen molar-refractivity contribution in [3.05, 3.63) is 52.1 Å². The summed E-state index contributed by atoms with van der Waals surface area (Å²) in [5.74, 6) is 0. The molecule has 2 aromatic rings. The highest BCUT2D eigenvalue weighted by Crippen LogP contribution is 2.29. The third-order valence-corrected chi connectivity index (χ3v) is 3.99. The van der Waals surface area contributed by atoms with Crippen molar-refractivity contribution in [2.45, 2.75) is 11.8 Å². The lowest BCUT2D eigenvalue weighted by molar-refractivity contribution is -0.385. The van der Waals surface area contributed by atoms with Gasteiger partial charge in [-0.2, -0.15) is 0 Å². The molecule has 2 aromatic carbocycles. The quantitative estimate of drug-likeness (QED) is 0.445. The zero-order valence-corrected chi connectivity index (χ0v) is 12.4. The number of sulfonamides is 1. The molecule has 0 amide bonds. The molecule has 0 aliphatic carbocycles. The van der Waals surface area contributed by atoms with E-state index < -0.39 is 14.9 Å². The van der Waals surface area contributed by atoms with Gasteiger partial charge >= 0.3 is 0 Å². The molecule has 116 valence electrons. The molecule has 0 spiro atoms. The highest BCUT2D eigenvalue weighted by molar-refractivity contribution is 7.89. The number of nitrogens with one attached hydrogen (secondary N) is 1. The first-order valence-corrected chi connectivity index (χ1v) is 7.67. The highest BCUT2D eigenvalue weighted by Gasteiger charge is 2.19. The first-order valence-electron chi connectivity index (χ1n) is 6.13. The Morgan fingerprint density at radius 2 is 1.86 bits per heavy atom. The predicted molar refractivity (Wildman–Crippen MR) is 83.3 cm³/mol. The number of non-ortho nitro benzene ring substituents is 1. The molecule has 0 radical (unpaired) electrons. The summed E-state index contributed by atoms with van der Waals surface area (Å²) in [4.78, 5) is 9.71. The molecule has 0 aliphatic rings. The van der Waals surface area contributed by atoms with Gasteiger partial charge in [0.2, 0.25) is 10.0 Å². The summed E-state index contributed by atoms with van der Waals surface area (Å²) >= 11 is 0. The number of nitrogens with zero attached hydrogens (tertiary/aromatic N) is 1. The molecule has 2 rings (SSSR count). The number of primary sulfonamides is 1. The van der Waals surface area contributed by atoms with Crippen molar-refractivity contribution in [2.75, 3.05) is 11.1 Å². The van der Waals surface area contributed by atoms with Crippen LogP contribution in [0.2, 0.25) is 0 Å². The van der Waals surface area contributed by atoms with Gasteiger partial charge in [-0.15, -0.1) is 0 Å². The molecule has 0 atom stereocenters. The summed E-state index contributed by atoms with van der Waals surface area (Å²) in [6, 6.07) is 8.49. The topological polar surface area (TPSA) is 141 Å². The van der Waals surface area contributed by atoms with E-state index in [1.807, 2.05) is 6.92 Å². The van der Waals surface area contributed by atoms with Gasteiger partial charge in [0.05, 0.1) is 10.6 Å². The lowest BCUT2D eigenvalue weighted by atomic mass is 10.2. The zero-order chi connectivity index (χ0) is 16.5. The molecule has 9 heteroatoms.